The molecule has 0 unspecified atom stereocenters. The molecule has 0 atom stereocenters. The number of aromatic nitrogens is 1. The van der Waals surface area contributed by atoms with Gasteiger partial charge in [0.05, 0.1) is 5.56 Å². The minimum atomic E-state index is -0.0927. The van der Waals surface area contributed by atoms with Crippen molar-refractivity contribution in [2.24, 2.45) is 0 Å². The van der Waals surface area contributed by atoms with Crippen LogP contribution >= 0.6 is 0 Å². The maximum atomic E-state index is 12.6. The standard InChI is InChI=1S/C23H21N5O/c24-16-18-6-11-22(25-17-18)27-12-14-28(15-13-27)23(29)26-21-9-7-20(8-10-21)19-4-2-1-3-5-19/h1-11,17H,12-15H2,(H,26,29). The highest BCUT2D eigenvalue weighted by molar-refractivity contribution is 5.89. The van der Waals surface area contributed by atoms with Crippen LogP contribution in [0.5, 0.6) is 0 Å². The lowest BCUT2D eigenvalue weighted by Crippen LogP contribution is -2.50. The third kappa shape index (κ3) is 4.36. The minimum absolute atomic E-state index is 0.0927. The van der Waals surface area contributed by atoms with E-state index in [1.54, 1.807) is 12.3 Å². The van der Waals surface area contributed by atoms with E-state index in [2.05, 4.69) is 33.4 Å². The molecule has 1 fully saturated rings. The maximum absolute atomic E-state index is 12.6. The lowest BCUT2D eigenvalue weighted by molar-refractivity contribution is 0.208. The predicted octanol–water partition coefficient (Wildman–Crippen LogP) is 3.97. The normalized spacial score (nSPS) is 13.6. The van der Waals surface area contributed by atoms with Crippen molar-refractivity contribution in [3.63, 3.8) is 0 Å². The van der Waals surface area contributed by atoms with E-state index in [9.17, 15) is 4.79 Å². The number of nitrogens with one attached hydrogen (secondary N) is 1. The van der Waals surface area contributed by atoms with Crippen molar-refractivity contribution in [1.29, 1.82) is 5.26 Å². The molecule has 6 heteroatoms. The Balaban J connectivity index is 1.32. The zero-order valence-corrected chi connectivity index (χ0v) is 16.0. The van der Waals surface area contributed by atoms with Crippen LogP contribution in [0.1, 0.15) is 5.56 Å². The number of pyridine rings is 1. The highest BCUT2D eigenvalue weighted by atomic mass is 16.2. The van der Waals surface area contributed by atoms with Gasteiger partial charge in [0.15, 0.2) is 0 Å². The third-order valence-electron chi connectivity index (χ3n) is 5.01. The summed E-state index contributed by atoms with van der Waals surface area (Å²) >= 11 is 0. The van der Waals surface area contributed by atoms with Gasteiger partial charge in [-0.25, -0.2) is 9.78 Å². The first-order valence-electron chi connectivity index (χ1n) is 9.55. The van der Waals surface area contributed by atoms with E-state index in [1.807, 2.05) is 53.4 Å². The van der Waals surface area contributed by atoms with E-state index in [4.69, 9.17) is 5.26 Å². The molecule has 1 N–H and O–H groups in total. The number of nitriles is 1. The summed E-state index contributed by atoms with van der Waals surface area (Å²) in [6, 6.07) is 23.6. The first-order valence-corrected chi connectivity index (χ1v) is 9.55. The van der Waals surface area contributed by atoms with Crippen LogP contribution in [-0.4, -0.2) is 42.1 Å². The zero-order chi connectivity index (χ0) is 20.1. The van der Waals surface area contributed by atoms with Crippen molar-refractivity contribution in [2.45, 2.75) is 0 Å². The molecule has 1 saturated heterocycles. The molecule has 144 valence electrons. The molecule has 3 aromatic rings. The number of carbonyl (C=O) groups is 1. The van der Waals surface area contributed by atoms with Gasteiger partial charge in [0.1, 0.15) is 11.9 Å². The van der Waals surface area contributed by atoms with Gasteiger partial charge in [0.25, 0.3) is 0 Å². The SMILES string of the molecule is N#Cc1ccc(N2CCN(C(=O)Nc3ccc(-c4ccccc4)cc3)CC2)nc1. The number of piperazine rings is 1. The Morgan fingerprint density at radius 2 is 1.59 bits per heavy atom. The average molecular weight is 383 g/mol. The average Bonchev–Trinajstić information content (AvgIpc) is 2.80. The van der Waals surface area contributed by atoms with E-state index >= 15 is 0 Å². The van der Waals surface area contributed by atoms with Gasteiger partial charge >= 0.3 is 6.03 Å². The summed E-state index contributed by atoms with van der Waals surface area (Å²) in [5, 5.41) is 11.9. The fourth-order valence-corrected chi connectivity index (χ4v) is 3.36. The monoisotopic (exact) mass is 383 g/mol. The zero-order valence-electron chi connectivity index (χ0n) is 16.0. The Hall–Kier alpha value is -3.85. The van der Waals surface area contributed by atoms with E-state index in [0.29, 0.717) is 31.7 Å². The van der Waals surface area contributed by atoms with E-state index in [1.165, 1.54) is 0 Å². The van der Waals surface area contributed by atoms with Crippen molar-refractivity contribution < 1.29 is 4.79 Å². The van der Waals surface area contributed by atoms with Gasteiger partial charge in [0.2, 0.25) is 0 Å². The lowest BCUT2D eigenvalue weighted by atomic mass is 10.1. The third-order valence-corrected chi connectivity index (χ3v) is 5.01. The molecule has 2 aromatic carbocycles. The Morgan fingerprint density at radius 1 is 0.897 bits per heavy atom. The molecule has 2 amide bonds. The van der Waals surface area contributed by atoms with Crippen LogP contribution in [0.15, 0.2) is 72.9 Å². The number of hydrogen-bond donors (Lipinski definition) is 1. The summed E-state index contributed by atoms with van der Waals surface area (Å²) in [6.45, 7) is 2.66. The van der Waals surface area contributed by atoms with Gasteiger partial charge in [-0.15, -0.1) is 0 Å². The van der Waals surface area contributed by atoms with Crippen molar-refractivity contribution in [1.82, 2.24) is 9.88 Å². The van der Waals surface area contributed by atoms with E-state index < -0.39 is 0 Å². The predicted molar refractivity (Wildman–Crippen MR) is 114 cm³/mol. The quantitative estimate of drug-likeness (QED) is 0.743. The lowest BCUT2D eigenvalue weighted by Gasteiger charge is -2.35. The number of anilines is 2. The van der Waals surface area contributed by atoms with Crippen LogP contribution in [0.25, 0.3) is 11.1 Å². The molecular weight excluding hydrogens is 362 g/mol. The fourth-order valence-electron chi connectivity index (χ4n) is 3.36. The second-order valence-corrected chi connectivity index (χ2v) is 6.86. The summed E-state index contributed by atoms with van der Waals surface area (Å²) in [4.78, 5) is 20.9. The van der Waals surface area contributed by atoms with E-state index in [0.717, 1.165) is 22.6 Å². The van der Waals surface area contributed by atoms with Crippen molar-refractivity contribution in [3.05, 3.63) is 78.5 Å². The Kier molecular flexibility index (Phi) is 5.39. The minimum Gasteiger partial charge on any atom is -0.353 e. The molecule has 1 aromatic heterocycles. The number of benzene rings is 2. The van der Waals surface area contributed by atoms with Gasteiger partial charge in [-0.05, 0) is 35.4 Å². The van der Waals surface area contributed by atoms with Crippen molar-refractivity contribution in [2.75, 3.05) is 36.4 Å². The summed E-state index contributed by atoms with van der Waals surface area (Å²) in [5.74, 6) is 0.834. The van der Waals surface area contributed by atoms with Crippen molar-refractivity contribution in [3.8, 4) is 17.2 Å². The highest BCUT2D eigenvalue weighted by Gasteiger charge is 2.22. The van der Waals surface area contributed by atoms with Gasteiger partial charge in [0, 0.05) is 38.1 Å². The molecule has 0 spiro atoms. The molecule has 4 rings (SSSR count). The summed E-state index contributed by atoms with van der Waals surface area (Å²) in [7, 11) is 0. The molecular formula is C23H21N5O. The summed E-state index contributed by atoms with van der Waals surface area (Å²) < 4.78 is 0. The first kappa shape index (κ1) is 18.5. The Morgan fingerprint density at radius 3 is 2.21 bits per heavy atom. The highest BCUT2D eigenvalue weighted by Crippen LogP contribution is 2.21. The number of rotatable bonds is 3. The maximum Gasteiger partial charge on any atom is 0.321 e. The van der Waals surface area contributed by atoms with Crippen LogP contribution in [0.4, 0.5) is 16.3 Å². The second-order valence-electron chi connectivity index (χ2n) is 6.86. The number of nitrogens with zero attached hydrogens (tertiary/aromatic N) is 4. The topological polar surface area (TPSA) is 72.3 Å². The molecule has 2 heterocycles. The summed E-state index contributed by atoms with van der Waals surface area (Å²) in [6.07, 6.45) is 1.58. The molecule has 0 radical (unpaired) electrons. The molecule has 6 nitrogen and oxygen atoms in total. The molecule has 1 aliphatic rings. The molecule has 0 saturated carbocycles. The van der Waals surface area contributed by atoms with Crippen LogP contribution in [0, 0.1) is 11.3 Å². The number of amides is 2. The number of hydrogen-bond acceptors (Lipinski definition) is 4. The van der Waals surface area contributed by atoms with Crippen molar-refractivity contribution >= 4 is 17.5 Å². The first-order chi connectivity index (χ1) is 14.2. The van der Waals surface area contributed by atoms with Gasteiger partial charge in [-0.2, -0.15) is 5.26 Å². The Bertz CT molecular complexity index is 1000. The van der Waals surface area contributed by atoms with Gasteiger partial charge < -0.3 is 15.1 Å². The van der Waals surface area contributed by atoms with Crippen LogP contribution < -0.4 is 10.2 Å². The number of carbonyl (C=O) groups excluding carboxylic acids is 1. The fraction of sp³-hybridized carbons (Fsp3) is 0.174. The summed E-state index contributed by atoms with van der Waals surface area (Å²) in [5.41, 5.74) is 3.60. The van der Waals surface area contributed by atoms with Crippen LogP contribution in [0.3, 0.4) is 0 Å². The molecule has 0 aliphatic carbocycles. The van der Waals surface area contributed by atoms with Crippen LogP contribution in [0.2, 0.25) is 0 Å². The Labute approximate surface area is 170 Å². The molecule has 29 heavy (non-hydrogen) atoms. The number of urea groups is 1. The second kappa shape index (κ2) is 8.44. The molecule has 1 aliphatic heterocycles. The van der Waals surface area contributed by atoms with E-state index in [-0.39, 0.29) is 6.03 Å². The van der Waals surface area contributed by atoms with Gasteiger partial charge in [-0.3, -0.25) is 0 Å². The van der Waals surface area contributed by atoms with Crippen LogP contribution in [-0.2, 0) is 0 Å². The largest absolute Gasteiger partial charge is 0.353 e. The molecule has 0 bridgehead atoms. The van der Waals surface area contributed by atoms with Gasteiger partial charge in [-0.1, -0.05) is 42.5 Å². The smallest absolute Gasteiger partial charge is 0.321 e.